The first-order valence-electron chi connectivity index (χ1n) is 14.5. The topological polar surface area (TPSA) is 0 Å². The molecule has 0 aliphatic heterocycles. The fraction of sp³-hybridized carbons (Fsp3) is 0.154. The van der Waals surface area contributed by atoms with Crippen LogP contribution in [0.15, 0.2) is 113 Å². The van der Waals surface area contributed by atoms with E-state index in [9.17, 15) is 8.78 Å². The van der Waals surface area contributed by atoms with Gasteiger partial charge < -0.3 is 0 Å². The Balaban J connectivity index is 0.00000221. The number of allylic oxidation sites excluding steroid dienone is 4. The summed E-state index contributed by atoms with van der Waals surface area (Å²) in [5.41, 5.74) is 8.17. The molecule has 0 bridgehead atoms. The van der Waals surface area contributed by atoms with Gasteiger partial charge in [-0.2, -0.15) is 0 Å². The Bertz CT molecular complexity index is 1850. The molecule has 0 saturated heterocycles. The molecule has 226 valence electrons. The van der Waals surface area contributed by atoms with Crippen molar-refractivity contribution in [3.05, 3.63) is 147 Å². The van der Waals surface area contributed by atoms with Crippen molar-refractivity contribution in [2.45, 2.75) is 33.6 Å². The van der Waals surface area contributed by atoms with E-state index in [0.29, 0.717) is 0 Å². The van der Waals surface area contributed by atoms with Crippen molar-refractivity contribution < 1.29 is 27.1 Å². The first-order chi connectivity index (χ1) is 20.0. The van der Waals surface area contributed by atoms with E-state index in [4.69, 9.17) is 4.21 Å². The molecule has 0 amide bonds. The van der Waals surface area contributed by atoms with Gasteiger partial charge in [0.2, 0.25) is 0 Å². The molecule has 0 radical (unpaired) electrons. The van der Waals surface area contributed by atoms with Gasteiger partial charge in [0.1, 0.15) is 0 Å². The summed E-state index contributed by atoms with van der Waals surface area (Å²) in [7, 11) is 0. The van der Waals surface area contributed by atoms with Gasteiger partial charge in [-0.15, -0.1) is 24.8 Å². The third kappa shape index (κ3) is 5.12. The summed E-state index contributed by atoms with van der Waals surface area (Å²) in [5.74, 6) is -0.574. The third-order valence-electron chi connectivity index (χ3n) is 9.54. The van der Waals surface area contributed by atoms with Crippen LogP contribution in [-0.2, 0) is 24.7 Å². The van der Waals surface area contributed by atoms with Crippen molar-refractivity contribution in [1.29, 1.82) is 0 Å². The van der Waals surface area contributed by atoms with Crippen molar-refractivity contribution in [3.8, 4) is 11.1 Å². The standard InChI is InChI=1S/C17H13.C9H13.2C6H4F.CH2.2ClH.Zr/c1-3-12-5-7-14-11-15-8-6-13(4-2)10-17(15)16(14)9-12;1-9(2,3)8-6-4-5-7-8;2*7-6-4-2-1-3-5-6;;;;/h3-7,9-10H,1-2,11H2;6-7H,4H2,1-3H3;2*2-5H;1H2;2*1H;. The quantitative estimate of drug-likeness (QED) is 0.165. The second-order valence-electron chi connectivity index (χ2n) is 12.9. The molecule has 0 atom stereocenters. The molecule has 0 saturated carbocycles. The normalized spacial score (nSPS) is 14.0. The maximum atomic E-state index is 14.5. The number of halogens is 4. The van der Waals surface area contributed by atoms with Gasteiger partial charge in [0.15, 0.2) is 0 Å². The third-order valence-corrected chi connectivity index (χ3v) is 25.8. The average Bonchev–Trinajstić information content (AvgIpc) is 3.63. The molecule has 5 heteroatoms. The van der Waals surface area contributed by atoms with E-state index in [1.54, 1.807) is 24.3 Å². The zero-order chi connectivity index (χ0) is 29.9. The number of fused-ring (bicyclic) bond motifs is 3. The summed E-state index contributed by atoms with van der Waals surface area (Å²) in [6.07, 6.45) is 9.97. The van der Waals surface area contributed by atoms with E-state index in [-0.39, 0.29) is 41.9 Å². The Hall–Kier alpha value is -2.97. The molecule has 0 unspecified atom stereocenters. The maximum absolute atomic E-state index is 14.5. The molecule has 0 aromatic heterocycles. The summed E-state index contributed by atoms with van der Waals surface area (Å²) < 4.78 is 39.1. The van der Waals surface area contributed by atoms with Crippen LogP contribution in [0.4, 0.5) is 8.78 Å². The molecule has 2 aliphatic carbocycles. The molecule has 0 nitrogen and oxygen atoms in total. The van der Waals surface area contributed by atoms with Crippen LogP contribution < -0.4 is 9.81 Å². The smallest absolute Gasteiger partial charge is 0.147 e. The van der Waals surface area contributed by atoms with Gasteiger partial charge in [-0.3, -0.25) is 0 Å². The number of rotatable bonds is 6. The zero-order valence-corrected chi connectivity index (χ0v) is 29.5. The Morgan fingerprint density at radius 2 is 1.27 bits per heavy atom. The van der Waals surface area contributed by atoms with E-state index < -0.39 is 18.3 Å². The first-order valence-corrected chi connectivity index (χ1v) is 21.1. The molecule has 0 spiro atoms. The maximum Gasteiger partial charge on any atom is -0.147 e. The van der Waals surface area contributed by atoms with Crippen LogP contribution in [0.3, 0.4) is 0 Å². The van der Waals surface area contributed by atoms with Gasteiger partial charge >= 0.3 is 250 Å². The minimum atomic E-state index is -5.16. The molecular weight excluding hydrogens is 669 g/mol. The molecule has 4 aromatic rings. The molecule has 4 aromatic carbocycles. The molecule has 44 heavy (non-hydrogen) atoms. The number of hydrogen-bond acceptors (Lipinski definition) is 0. The summed E-state index contributed by atoms with van der Waals surface area (Å²) in [4.78, 5) is 0. The van der Waals surface area contributed by atoms with E-state index in [2.05, 4.69) is 76.4 Å². The van der Waals surface area contributed by atoms with Crippen molar-refractivity contribution in [2.75, 3.05) is 0 Å². The van der Waals surface area contributed by atoms with Crippen molar-refractivity contribution in [3.63, 3.8) is 0 Å². The van der Waals surface area contributed by atoms with Gasteiger partial charge in [0.25, 0.3) is 0 Å². The Kier molecular flexibility index (Phi) is 9.32. The summed E-state index contributed by atoms with van der Waals surface area (Å²) >= 11 is -5.16. The molecule has 0 N–H and O–H groups in total. The fourth-order valence-electron chi connectivity index (χ4n) is 7.14. The van der Waals surface area contributed by atoms with E-state index in [0.717, 1.165) is 30.5 Å². The number of hydrogen-bond donors (Lipinski definition) is 0. The van der Waals surface area contributed by atoms with Crippen LogP contribution >= 0.6 is 24.8 Å². The van der Waals surface area contributed by atoms with Gasteiger partial charge in [0.05, 0.1) is 0 Å². The van der Waals surface area contributed by atoms with E-state index in [1.807, 2.05) is 36.4 Å². The van der Waals surface area contributed by atoms with Crippen molar-refractivity contribution in [1.82, 2.24) is 0 Å². The summed E-state index contributed by atoms with van der Waals surface area (Å²) in [5, 5.41) is 0. The minimum Gasteiger partial charge on any atom is -0.147 e. The predicted octanol–water partition coefficient (Wildman–Crippen LogP) is 9.32. The second-order valence-corrected chi connectivity index (χ2v) is 25.8. The van der Waals surface area contributed by atoms with Gasteiger partial charge in [-0.25, -0.2) is 0 Å². The van der Waals surface area contributed by atoms with Crippen LogP contribution in [0.5, 0.6) is 0 Å². The minimum absolute atomic E-state index is 0. The monoisotopic (exact) mass is 704 g/mol. The SMILES string of the molecule is C=Cc1ccc2c(c1)-c1cc(C=C)c[c]([Zr](=[CH2])([C]3=CC(C(C)(C)C)=CC3)([c]3ccc(F)cc3)[c]3ccc(F)cc3)c1C2.Cl.Cl. The molecule has 6 rings (SSSR count). The fourth-order valence-corrected chi connectivity index (χ4v) is 22.5. The molecule has 2 aliphatic rings. The molecular formula is C39H38Cl2F2Zr. The van der Waals surface area contributed by atoms with Gasteiger partial charge in [-0.05, 0) is 0 Å². The van der Waals surface area contributed by atoms with E-state index in [1.165, 1.54) is 34.4 Å². The Labute approximate surface area is 273 Å². The molecule has 0 fully saturated rings. The second kappa shape index (κ2) is 12.1. The van der Waals surface area contributed by atoms with Crippen LogP contribution in [-0.4, -0.2) is 4.21 Å². The van der Waals surface area contributed by atoms with Crippen molar-refractivity contribution in [2.24, 2.45) is 5.41 Å². The van der Waals surface area contributed by atoms with Crippen molar-refractivity contribution >= 4 is 51.0 Å². The van der Waals surface area contributed by atoms with Crippen LogP contribution in [0.2, 0.25) is 0 Å². The average molecular weight is 707 g/mol. The molecule has 0 heterocycles. The zero-order valence-electron chi connectivity index (χ0n) is 25.4. The van der Waals surface area contributed by atoms with E-state index >= 15 is 0 Å². The predicted molar refractivity (Wildman–Crippen MR) is 188 cm³/mol. The largest absolute Gasteiger partial charge is 0.147 e. The van der Waals surface area contributed by atoms with Crippen LogP contribution in [0.1, 0.15) is 49.4 Å². The first kappa shape index (κ1) is 33.9. The Morgan fingerprint density at radius 1 is 0.727 bits per heavy atom. The van der Waals surface area contributed by atoms with Crippen LogP contribution in [0, 0.1) is 17.0 Å². The van der Waals surface area contributed by atoms with Gasteiger partial charge in [-0.1, -0.05) is 0 Å². The van der Waals surface area contributed by atoms with Crippen LogP contribution in [0.25, 0.3) is 23.3 Å². The summed E-state index contributed by atoms with van der Waals surface area (Å²) in [6.45, 7) is 14.8. The summed E-state index contributed by atoms with van der Waals surface area (Å²) in [6, 6.07) is 24.9. The number of benzene rings is 4. The van der Waals surface area contributed by atoms with Gasteiger partial charge in [0, 0.05) is 0 Å². The Morgan fingerprint density at radius 3 is 1.77 bits per heavy atom.